The highest BCUT2D eigenvalue weighted by Gasteiger charge is 2.27. The van der Waals surface area contributed by atoms with Crippen molar-refractivity contribution in [3.05, 3.63) is 16.7 Å². The second kappa shape index (κ2) is 8.76. The maximum atomic E-state index is 12.7. The minimum atomic E-state index is -0.203. The van der Waals surface area contributed by atoms with Crippen LogP contribution in [-0.4, -0.2) is 62.9 Å². The van der Waals surface area contributed by atoms with E-state index in [0.29, 0.717) is 59.6 Å². The van der Waals surface area contributed by atoms with Crippen molar-refractivity contribution >= 4 is 23.2 Å². The summed E-state index contributed by atoms with van der Waals surface area (Å²) < 4.78 is 16.9. The lowest BCUT2D eigenvalue weighted by Gasteiger charge is -2.33. The first-order valence-electron chi connectivity index (χ1n) is 10.1. The molecular formula is C20H28ClN3O4. The fourth-order valence-corrected chi connectivity index (χ4v) is 4.34. The van der Waals surface area contributed by atoms with E-state index >= 15 is 0 Å². The number of nitrogens with two attached hydrogens (primary N) is 1. The average Bonchev–Trinajstić information content (AvgIpc) is 3.23. The van der Waals surface area contributed by atoms with Crippen LogP contribution in [0.25, 0.3) is 0 Å². The number of rotatable bonds is 5. The lowest BCUT2D eigenvalue weighted by Crippen LogP contribution is -2.41. The molecule has 0 spiro atoms. The van der Waals surface area contributed by atoms with Gasteiger partial charge in [0.2, 0.25) is 0 Å². The molecule has 0 saturated carbocycles. The van der Waals surface area contributed by atoms with Crippen LogP contribution < -0.4 is 20.5 Å². The first-order valence-corrected chi connectivity index (χ1v) is 10.5. The van der Waals surface area contributed by atoms with E-state index in [1.165, 1.54) is 12.8 Å². The van der Waals surface area contributed by atoms with Crippen molar-refractivity contribution in [3.8, 4) is 11.5 Å². The van der Waals surface area contributed by atoms with Gasteiger partial charge in [-0.05, 0) is 50.8 Å². The predicted molar refractivity (Wildman–Crippen MR) is 107 cm³/mol. The number of fused-ring (bicyclic) bond motifs is 1. The molecule has 3 aliphatic heterocycles. The summed E-state index contributed by atoms with van der Waals surface area (Å²) >= 11 is 6.17. The van der Waals surface area contributed by atoms with Gasteiger partial charge in [0.25, 0.3) is 5.91 Å². The Labute approximate surface area is 170 Å². The third-order valence-corrected chi connectivity index (χ3v) is 6.10. The third kappa shape index (κ3) is 4.31. The van der Waals surface area contributed by atoms with Crippen molar-refractivity contribution in [3.63, 3.8) is 0 Å². The van der Waals surface area contributed by atoms with Crippen LogP contribution >= 0.6 is 11.6 Å². The van der Waals surface area contributed by atoms with Gasteiger partial charge in [0.1, 0.15) is 13.2 Å². The Morgan fingerprint density at radius 1 is 1.18 bits per heavy atom. The number of likely N-dealkylation sites (tertiary alicyclic amines) is 1. The summed E-state index contributed by atoms with van der Waals surface area (Å²) in [5.74, 6) is 1.02. The number of nitrogens with one attached hydrogen (secondary N) is 1. The Kier molecular flexibility index (Phi) is 6.13. The molecule has 8 heteroatoms. The van der Waals surface area contributed by atoms with Crippen LogP contribution in [-0.2, 0) is 4.74 Å². The number of piperidine rings is 1. The number of hydrogen-bond donors (Lipinski definition) is 2. The summed E-state index contributed by atoms with van der Waals surface area (Å²) in [6.07, 6.45) is 4.91. The fraction of sp³-hybridized carbons (Fsp3) is 0.650. The summed E-state index contributed by atoms with van der Waals surface area (Å²) in [6.45, 7) is 5.47. The van der Waals surface area contributed by atoms with E-state index in [2.05, 4.69) is 10.2 Å². The molecule has 0 unspecified atom stereocenters. The van der Waals surface area contributed by atoms with Gasteiger partial charge in [-0.15, -0.1) is 0 Å². The number of carbonyl (C=O) groups is 1. The Bertz CT molecular complexity index is 716. The van der Waals surface area contributed by atoms with Crippen LogP contribution in [0.5, 0.6) is 11.5 Å². The summed E-state index contributed by atoms with van der Waals surface area (Å²) in [4.78, 5) is 15.2. The number of amides is 1. The number of carbonyl (C=O) groups excluding carboxylic acids is 1. The van der Waals surface area contributed by atoms with Crippen LogP contribution in [0.4, 0.5) is 5.69 Å². The van der Waals surface area contributed by atoms with Gasteiger partial charge >= 0.3 is 0 Å². The zero-order chi connectivity index (χ0) is 19.5. The van der Waals surface area contributed by atoms with Crippen molar-refractivity contribution in [2.75, 3.05) is 51.7 Å². The number of benzene rings is 1. The molecule has 0 bridgehead atoms. The Morgan fingerprint density at radius 2 is 1.93 bits per heavy atom. The minimum Gasteiger partial charge on any atom is -0.485 e. The van der Waals surface area contributed by atoms with E-state index in [4.69, 9.17) is 31.5 Å². The number of ether oxygens (including phenoxy) is 3. The molecule has 154 valence electrons. The Hall–Kier alpha value is -1.70. The van der Waals surface area contributed by atoms with Crippen molar-refractivity contribution in [1.82, 2.24) is 10.2 Å². The minimum absolute atomic E-state index is 0.203. The lowest BCUT2D eigenvalue weighted by atomic mass is 9.96. The highest BCUT2D eigenvalue weighted by molar-refractivity contribution is 6.34. The van der Waals surface area contributed by atoms with E-state index in [0.717, 1.165) is 39.1 Å². The molecule has 7 nitrogen and oxygen atoms in total. The lowest BCUT2D eigenvalue weighted by molar-refractivity contribution is 0.0595. The van der Waals surface area contributed by atoms with E-state index in [1.807, 2.05) is 0 Å². The zero-order valence-electron chi connectivity index (χ0n) is 16.0. The molecule has 0 aliphatic carbocycles. The number of hydrogen-bond acceptors (Lipinski definition) is 6. The van der Waals surface area contributed by atoms with Crippen molar-refractivity contribution < 1.29 is 19.0 Å². The quantitative estimate of drug-likeness (QED) is 0.726. The van der Waals surface area contributed by atoms with Gasteiger partial charge in [-0.25, -0.2) is 0 Å². The SMILES string of the molecule is Nc1c(Cl)cc(C(=O)NCC2CCN(C[C@H]3CCCO3)CC2)c2c1OCCO2. The second-order valence-electron chi connectivity index (χ2n) is 7.76. The molecule has 3 N–H and O–H groups in total. The largest absolute Gasteiger partial charge is 0.485 e. The number of anilines is 1. The molecule has 1 atom stereocenters. The van der Waals surface area contributed by atoms with Gasteiger partial charge in [-0.1, -0.05) is 11.6 Å². The summed E-state index contributed by atoms with van der Waals surface area (Å²) in [5.41, 5.74) is 6.64. The van der Waals surface area contributed by atoms with Gasteiger partial charge in [-0.2, -0.15) is 0 Å². The van der Waals surface area contributed by atoms with E-state index in [9.17, 15) is 4.79 Å². The van der Waals surface area contributed by atoms with Gasteiger partial charge in [0, 0.05) is 19.7 Å². The standard InChI is InChI=1S/C20H28ClN3O4/c21-16-10-15(18-19(17(16)22)28-9-8-27-18)20(25)23-11-13-3-5-24(6-4-13)12-14-2-1-7-26-14/h10,13-14H,1-9,11-12,22H2,(H,23,25)/t14-/m1/s1. The number of nitrogen functional groups attached to an aromatic ring is 1. The molecule has 28 heavy (non-hydrogen) atoms. The van der Waals surface area contributed by atoms with Gasteiger partial charge < -0.3 is 30.2 Å². The van der Waals surface area contributed by atoms with Crippen LogP contribution in [0.3, 0.4) is 0 Å². The number of halogens is 1. The van der Waals surface area contributed by atoms with Crippen LogP contribution in [0, 0.1) is 5.92 Å². The van der Waals surface area contributed by atoms with Crippen molar-refractivity contribution in [1.29, 1.82) is 0 Å². The van der Waals surface area contributed by atoms with Gasteiger partial charge in [0.15, 0.2) is 11.5 Å². The molecule has 1 amide bonds. The topological polar surface area (TPSA) is 86.1 Å². The zero-order valence-corrected chi connectivity index (χ0v) is 16.8. The normalized spacial score (nSPS) is 23.0. The van der Waals surface area contributed by atoms with Crippen LogP contribution in [0.15, 0.2) is 6.07 Å². The van der Waals surface area contributed by atoms with E-state index in [1.54, 1.807) is 6.07 Å². The Morgan fingerprint density at radius 3 is 2.64 bits per heavy atom. The molecule has 0 radical (unpaired) electrons. The molecule has 0 aromatic heterocycles. The number of nitrogens with zero attached hydrogens (tertiary/aromatic N) is 1. The first kappa shape index (κ1) is 19.6. The molecule has 3 aliphatic rings. The predicted octanol–water partition coefficient (Wildman–Crippen LogP) is 2.31. The molecule has 4 rings (SSSR count). The van der Waals surface area contributed by atoms with E-state index in [-0.39, 0.29) is 5.91 Å². The van der Waals surface area contributed by atoms with E-state index < -0.39 is 0 Å². The van der Waals surface area contributed by atoms with Crippen LogP contribution in [0.2, 0.25) is 5.02 Å². The monoisotopic (exact) mass is 409 g/mol. The maximum Gasteiger partial charge on any atom is 0.255 e. The third-order valence-electron chi connectivity index (χ3n) is 5.79. The molecule has 1 aromatic rings. The molecule has 1 aromatic carbocycles. The molecule has 3 heterocycles. The Balaban J connectivity index is 1.30. The molecule has 2 saturated heterocycles. The first-order chi connectivity index (χ1) is 13.6. The molecule has 2 fully saturated rings. The van der Waals surface area contributed by atoms with Gasteiger partial charge in [-0.3, -0.25) is 4.79 Å². The highest BCUT2D eigenvalue weighted by Crippen LogP contribution is 2.43. The van der Waals surface area contributed by atoms with Crippen molar-refractivity contribution in [2.45, 2.75) is 31.8 Å². The van der Waals surface area contributed by atoms with Crippen LogP contribution in [0.1, 0.15) is 36.0 Å². The summed E-state index contributed by atoms with van der Waals surface area (Å²) in [5, 5.41) is 3.34. The summed E-state index contributed by atoms with van der Waals surface area (Å²) in [6, 6.07) is 1.56. The van der Waals surface area contributed by atoms with Crippen molar-refractivity contribution in [2.24, 2.45) is 5.92 Å². The fourth-order valence-electron chi connectivity index (χ4n) is 4.15. The second-order valence-corrected chi connectivity index (χ2v) is 8.17. The highest BCUT2D eigenvalue weighted by atomic mass is 35.5. The van der Waals surface area contributed by atoms with Gasteiger partial charge in [0.05, 0.1) is 22.4 Å². The maximum absolute atomic E-state index is 12.7. The summed E-state index contributed by atoms with van der Waals surface area (Å²) in [7, 11) is 0. The average molecular weight is 410 g/mol. The molecular weight excluding hydrogens is 382 g/mol. The smallest absolute Gasteiger partial charge is 0.255 e.